The second-order valence-corrected chi connectivity index (χ2v) is 8.09. The van der Waals surface area contributed by atoms with Crippen molar-refractivity contribution in [3.8, 4) is 5.75 Å². The van der Waals surface area contributed by atoms with Crippen molar-refractivity contribution in [1.29, 1.82) is 0 Å². The fourth-order valence-corrected chi connectivity index (χ4v) is 3.84. The molecule has 2 aromatic rings. The summed E-state index contributed by atoms with van der Waals surface area (Å²) in [6.07, 6.45) is 1.78. The van der Waals surface area contributed by atoms with Crippen LogP contribution in [-0.2, 0) is 21.2 Å². The molecule has 146 valence electrons. The number of nitrogens with zero attached hydrogens (tertiary/aromatic N) is 1. The molecule has 0 aliphatic rings. The zero-order chi connectivity index (χ0) is 20.0. The van der Waals surface area contributed by atoms with Crippen LogP contribution in [-0.4, -0.2) is 33.7 Å². The Hall–Kier alpha value is -2.54. The number of aryl methyl sites for hydroxylation is 2. The first kappa shape index (κ1) is 20.8. The summed E-state index contributed by atoms with van der Waals surface area (Å²) in [7, 11) is -3.64. The minimum Gasteiger partial charge on any atom is -0.492 e. The number of sulfonamides is 1. The minimum absolute atomic E-state index is 0.308. The molecule has 2 aromatic carbocycles. The smallest absolute Gasteiger partial charge is 0.245 e. The highest BCUT2D eigenvalue weighted by Crippen LogP contribution is 2.28. The topological polar surface area (TPSA) is 75.7 Å². The molecule has 0 atom stereocenters. The summed E-state index contributed by atoms with van der Waals surface area (Å²) >= 11 is 0. The van der Waals surface area contributed by atoms with Crippen LogP contribution in [0.2, 0.25) is 0 Å². The Kier molecular flexibility index (Phi) is 6.85. The highest BCUT2D eigenvalue weighted by Gasteiger charge is 2.24. The number of anilines is 2. The number of ether oxygens (including phenoxy) is 1. The van der Waals surface area contributed by atoms with Gasteiger partial charge in [-0.1, -0.05) is 37.3 Å². The van der Waals surface area contributed by atoms with Gasteiger partial charge in [-0.2, -0.15) is 0 Å². The molecular formula is C20H26N2O4S. The van der Waals surface area contributed by atoms with Crippen molar-refractivity contribution in [2.45, 2.75) is 27.2 Å². The van der Waals surface area contributed by atoms with Gasteiger partial charge in [0.15, 0.2) is 0 Å². The van der Waals surface area contributed by atoms with Gasteiger partial charge in [0.05, 0.1) is 24.2 Å². The van der Waals surface area contributed by atoms with Gasteiger partial charge in [0.1, 0.15) is 12.3 Å². The molecule has 0 saturated carbocycles. The number of hydrogen-bond acceptors (Lipinski definition) is 4. The van der Waals surface area contributed by atoms with Crippen molar-refractivity contribution >= 4 is 27.3 Å². The molecule has 0 spiro atoms. The lowest BCUT2D eigenvalue weighted by Gasteiger charge is -2.26. The summed E-state index contributed by atoms with van der Waals surface area (Å²) in [6, 6.07) is 12.7. The van der Waals surface area contributed by atoms with E-state index in [-0.39, 0.29) is 6.54 Å². The van der Waals surface area contributed by atoms with E-state index < -0.39 is 15.9 Å². The lowest BCUT2D eigenvalue weighted by atomic mass is 10.1. The number of carbonyl (C=O) groups excluding carboxylic acids is 1. The standard InChI is InChI=1S/C20H26N2O4S/c1-5-16-11-9-10-15(3)20(16)22(27(4,24)25)14-19(23)21-17-12-7-8-13-18(17)26-6-2/h7-13H,5-6,14H2,1-4H3,(H,21,23). The van der Waals surface area contributed by atoms with Crippen LogP contribution in [0.1, 0.15) is 25.0 Å². The minimum atomic E-state index is -3.64. The molecule has 0 fully saturated rings. The molecule has 0 aliphatic carbocycles. The van der Waals surface area contributed by atoms with Crippen molar-refractivity contribution in [2.24, 2.45) is 0 Å². The van der Waals surface area contributed by atoms with Gasteiger partial charge in [-0.25, -0.2) is 8.42 Å². The Bertz CT molecular complexity index is 910. The molecule has 0 bridgehead atoms. The zero-order valence-corrected chi connectivity index (χ0v) is 17.0. The van der Waals surface area contributed by atoms with Crippen LogP contribution in [0.3, 0.4) is 0 Å². The summed E-state index contributed by atoms with van der Waals surface area (Å²) in [5, 5.41) is 2.75. The van der Waals surface area contributed by atoms with E-state index in [4.69, 9.17) is 4.74 Å². The number of hydrogen-bond donors (Lipinski definition) is 1. The average molecular weight is 391 g/mol. The van der Waals surface area contributed by atoms with E-state index in [1.165, 1.54) is 4.31 Å². The summed E-state index contributed by atoms with van der Waals surface area (Å²) < 4.78 is 31.5. The van der Waals surface area contributed by atoms with Crippen LogP contribution < -0.4 is 14.4 Å². The number of rotatable bonds is 8. The summed E-state index contributed by atoms with van der Waals surface area (Å²) in [6.45, 7) is 5.81. The molecule has 0 saturated heterocycles. The van der Waals surface area contributed by atoms with Crippen LogP contribution in [0.15, 0.2) is 42.5 Å². The van der Waals surface area contributed by atoms with Crippen LogP contribution in [0, 0.1) is 6.92 Å². The number of para-hydroxylation sites is 3. The van der Waals surface area contributed by atoms with Gasteiger partial charge >= 0.3 is 0 Å². The van der Waals surface area contributed by atoms with Gasteiger partial charge in [-0.15, -0.1) is 0 Å². The van der Waals surface area contributed by atoms with Crippen LogP contribution in [0.5, 0.6) is 5.75 Å². The van der Waals surface area contributed by atoms with E-state index in [0.29, 0.717) is 30.2 Å². The molecule has 0 heterocycles. The molecule has 0 aliphatic heterocycles. The van der Waals surface area contributed by atoms with Gasteiger partial charge in [-0.3, -0.25) is 9.10 Å². The third-order valence-corrected chi connectivity index (χ3v) is 5.21. The molecule has 0 aromatic heterocycles. The Morgan fingerprint density at radius 3 is 2.44 bits per heavy atom. The van der Waals surface area contributed by atoms with Gasteiger partial charge in [0.2, 0.25) is 15.9 Å². The maximum absolute atomic E-state index is 12.6. The van der Waals surface area contributed by atoms with Gasteiger partial charge < -0.3 is 10.1 Å². The third kappa shape index (κ3) is 5.23. The second-order valence-electron chi connectivity index (χ2n) is 6.18. The summed E-state index contributed by atoms with van der Waals surface area (Å²) in [4.78, 5) is 12.6. The van der Waals surface area contributed by atoms with Crippen molar-refractivity contribution in [2.75, 3.05) is 29.0 Å². The molecule has 27 heavy (non-hydrogen) atoms. The highest BCUT2D eigenvalue weighted by atomic mass is 32.2. The summed E-state index contributed by atoms with van der Waals surface area (Å²) in [5.41, 5.74) is 2.76. The van der Waals surface area contributed by atoms with Crippen molar-refractivity contribution in [3.05, 3.63) is 53.6 Å². The van der Waals surface area contributed by atoms with E-state index in [0.717, 1.165) is 17.4 Å². The molecule has 7 heteroatoms. The Labute approximate surface area is 161 Å². The van der Waals surface area contributed by atoms with Crippen molar-refractivity contribution in [1.82, 2.24) is 0 Å². The predicted molar refractivity (Wildman–Crippen MR) is 109 cm³/mol. The molecule has 1 N–H and O–H groups in total. The Morgan fingerprint density at radius 1 is 1.11 bits per heavy atom. The van der Waals surface area contributed by atoms with E-state index in [1.807, 2.05) is 45.0 Å². The predicted octanol–water partition coefficient (Wildman–Crippen LogP) is 3.36. The Morgan fingerprint density at radius 2 is 1.81 bits per heavy atom. The number of amides is 1. The molecule has 2 rings (SSSR count). The van der Waals surface area contributed by atoms with Gasteiger partial charge in [0.25, 0.3) is 0 Å². The van der Waals surface area contributed by atoms with E-state index in [9.17, 15) is 13.2 Å². The largest absolute Gasteiger partial charge is 0.492 e. The van der Waals surface area contributed by atoms with E-state index >= 15 is 0 Å². The zero-order valence-electron chi connectivity index (χ0n) is 16.2. The van der Waals surface area contributed by atoms with Crippen molar-refractivity contribution < 1.29 is 17.9 Å². The molecule has 6 nitrogen and oxygen atoms in total. The van der Waals surface area contributed by atoms with E-state index in [1.54, 1.807) is 18.2 Å². The average Bonchev–Trinajstić information content (AvgIpc) is 2.61. The maximum Gasteiger partial charge on any atom is 0.245 e. The quantitative estimate of drug-likeness (QED) is 0.750. The number of nitrogens with one attached hydrogen (secondary N) is 1. The van der Waals surface area contributed by atoms with Crippen molar-refractivity contribution in [3.63, 3.8) is 0 Å². The van der Waals surface area contributed by atoms with Crippen LogP contribution in [0.25, 0.3) is 0 Å². The lowest BCUT2D eigenvalue weighted by molar-refractivity contribution is -0.114. The second kappa shape index (κ2) is 8.90. The van der Waals surface area contributed by atoms with E-state index in [2.05, 4.69) is 5.32 Å². The first-order chi connectivity index (χ1) is 12.8. The molecule has 0 radical (unpaired) electrons. The lowest BCUT2D eigenvalue weighted by Crippen LogP contribution is -2.38. The summed E-state index contributed by atoms with van der Waals surface area (Å²) in [5.74, 6) is 0.113. The van der Waals surface area contributed by atoms with Gasteiger partial charge in [0, 0.05) is 0 Å². The molecular weight excluding hydrogens is 364 g/mol. The maximum atomic E-state index is 12.6. The normalized spacial score (nSPS) is 11.1. The first-order valence-corrected chi connectivity index (χ1v) is 10.7. The fraction of sp³-hybridized carbons (Fsp3) is 0.350. The monoisotopic (exact) mass is 390 g/mol. The first-order valence-electron chi connectivity index (χ1n) is 8.85. The molecule has 0 unspecified atom stereocenters. The number of carbonyl (C=O) groups is 1. The fourth-order valence-electron chi connectivity index (χ4n) is 2.90. The van der Waals surface area contributed by atoms with Gasteiger partial charge in [-0.05, 0) is 43.5 Å². The number of benzene rings is 2. The molecule has 1 amide bonds. The van der Waals surface area contributed by atoms with Crippen LogP contribution in [0.4, 0.5) is 11.4 Å². The Balaban J connectivity index is 2.33. The van der Waals surface area contributed by atoms with Crippen LogP contribution >= 0.6 is 0 Å². The SMILES string of the molecule is CCOc1ccccc1NC(=O)CN(c1c(C)cccc1CC)S(C)(=O)=O. The third-order valence-electron chi connectivity index (χ3n) is 4.10. The highest BCUT2D eigenvalue weighted by molar-refractivity contribution is 7.92.